The fourth-order valence-electron chi connectivity index (χ4n) is 6.16. The van der Waals surface area contributed by atoms with Crippen molar-refractivity contribution in [2.75, 3.05) is 26.8 Å². The highest BCUT2D eigenvalue weighted by atomic mass is 32.2. The number of carbonyl (C=O) groups is 3. The molecule has 0 radical (unpaired) electrons. The molecule has 51 heavy (non-hydrogen) atoms. The predicted molar refractivity (Wildman–Crippen MR) is 186 cm³/mol. The minimum absolute atomic E-state index is 0.0481. The van der Waals surface area contributed by atoms with Gasteiger partial charge in [-0.25, -0.2) is 16.8 Å². The molecule has 0 spiro atoms. The van der Waals surface area contributed by atoms with E-state index in [4.69, 9.17) is 9.47 Å². The Morgan fingerprint density at radius 1 is 0.980 bits per heavy atom. The number of rotatable bonds is 12. The lowest BCUT2D eigenvalue weighted by atomic mass is 10.0. The molecule has 3 heterocycles. The number of ether oxygens (including phenoxy) is 2. The fourth-order valence-corrected chi connectivity index (χ4v) is 7.78. The molecule has 3 atom stereocenters. The molecule has 5 aromatic rings. The highest BCUT2D eigenvalue weighted by Crippen LogP contribution is 2.33. The number of halogens is 1. The Hall–Kier alpha value is -5.60. The zero-order valence-corrected chi connectivity index (χ0v) is 28.7. The molecule has 3 amide bonds. The van der Waals surface area contributed by atoms with Crippen LogP contribution in [0.5, 0.6) is 11.5 Å². The van der Waals surface area contributed by atoms with Crippen molar-refractivity contribution in [3.8, 4) is 11.5 Å². The van der Waals surface area contributed by atoms with E-state index in [2.05, 4.69) is 15.6 Å². The van der Waals surface area contributed by atoms with Gasteiger partial charge in [0.05, 0.1) is 41.8 Å². The average Bonchev–Trinajstić information content (AvgIpc) is 3.71. The van der Waals surface area contributed by atoms with Crippen molar-refractivity contribution in [3.05, 3.63) is 121 Å². The molecule has 2 N–H and O–H groups in total. The normalized spacial score (nSPS) is 17.9. The van der Waals surface area contributed by atoms with Crippen LogP contribution < -0.4 is 15.4 Å². The molecule has 1 aliphatic rings. The summed E-state index contributed by atoms with van der Waals surface area (Å²) in [6, 6.07) is 24.4. The summed E-state index contributed by atoms with van der Waals surface area (Å²) in [5, 5.41) is 5.88. The Bertz CT molecular complexity index is 2150. The van der Waals surface area contributed by atoms with E-state index < -0.39 is 58.6 Å². The number of nitrogens with zero attached hydrogens (tertiary/aromatic N) is 3. The number of methoxy groups -OCH3 is 1. The monoisotopic (exact) mass is 713 g/mol. The standard InChI is InChI=1S/C37H36FN5O7S/c1-25(32-19-27-21-39-18-17-31(27)43(32)51(47,48)30-11-7-4-8-12-30)41-36(46)33-20-37(38,24-49-2)23-42(33)34(44)22-40-35(45)26-13-15-29(16-14-26)50-28-9-5-3-6-10-28/h3-19,21,25,33H,20,22-24H2,1-2H3,(H,40,45)(H,41,46)/t25-,33-,37+/m0/s1. The van der Waals surface area contributed by atoms with E-state index in [-0.39, 0.29) is 29.2 Å². The van der Waals surface area contributed by atoms with Crippen LogP contribution in [0.3, 0.4) is 0 Å². The molecule has 2 aromatic heterocycles. The summed E-state index contributed by atoms with van der Waals surface area (Å²) in [5.41, 5.74) is -1.17. The topological polar surface area (TPSA) is 149 Å². The van der Waals surface area contributed by atoms with Crippen LogP contribution >= 0.6 is 0 Å². The number of hydrogen-bond donors (Lipinski definition) is 2. The molecular weight excluding hydrogens is 677 g/mol. The predicted octanol–water partition coefficient (Wildman–Crippen LogP) is 4.63. The van der Waals surface area contributed by atoms with Crippen LogP contribution in [-0.4, -0.2) is 78.5 Å². The smallest absolute Gasteiger partial charge is 0.268 e. The number of pyridine rings is 1. The maximum atomic E-state index is 15.9. The zero-order chi connectivity index (χ0) is 36.2. The van der Waals surface area contributed by atoms with Gasteiger partial charge >= 0.3 is 0 Å². The van der Waals surface area contributed by atoms with Crippen LogP contribution in [0.15, 0.2) is 114 Å². The summed E-state index contributed by atoms with van der Waals surface area (Å²) in [7, 11) is -2.79. The van der Waals surface area contributed by atoms with Gasteiger partial charge in [-0.2, -0.15) is 0 Å². The van der Waals surface area contributed by atoms with Crippen molar-refractivity contribution in [2.24, 2.45) is 0 Å². The average molecular weight is 714 g/mol. The quantitative estimate of drug-likeness (QED) is 0.190. The van der Waals surface area contributed by atoms with Gasteiger partial charge in [-0.1, -0.05) is 36.4 Å². The van der Waals surface area contributed by atoms with Gasteiger partial charge in [0.2, 0.25) is 11.8 Å². The maximum Gasteiger partial charge on any atom is 0.268 e. The first-order chi connectivity index (χ1) is 24.5. The second kappa shape index (κ2) is 14.7. The van der Waals surface area contributed by atoms with Crippen molar-refractivity contribution in [2.45, 2.75) is 36.0 Å². The van der Waals surface area contributed by atoms with E-state index >= 15 is 4.39 Å². The Balaban J connectivity index is 1.17. The summed E-state index contributed by atoms with van der Waals surface area (Å²) in [6.45, 7) is 0.296. The number of fused-ring (bicyclic) bond motifs is 1. The second-order valence-electron chi connectivity index (χ2n) is 12.3. The number of alkyl halides is 1. The van der Waals surface area contributed by atoms with Crippen LogP contribution in [0, 0.1) is 0 Å². The molecule has 0 unspecified atom stereocenters. The maximum absolute atomic E-state index is 15.9. The molecule has 0 aliphatic carbocycles. The molecule has 6 rings (SSSR count). The number of aromatic nitrogens is 2. The number of para-hydroxylation sites is 1. The van der Waals surface area contributed by atoms with Gasteiger partial charge in [-0.3, -0.25) is 19.4 Å². The van der Waals surface area contributed by atoms with E-state index in [1.54, 1.807) is 73.7 Å². The Morgan fingerprint density at radius 3 is 2.33 bits per heavy atom. The van der Waals surface area contributed by atoms with E-state index in [1.807, 2.05) is 18.2 Å². The molecule has 0 bridgehead atoms. The van der Waals surface area contributed by atoms with Crippen LogP contribution in [0.4, 0.5) is 4.39 Å². The molecule has 1 fully saturated rings. The molecule has 1 saturated heterocycles. The molecule has 264 valence electrons. The van der Waals surface area contributed by atoms with Gasteiger partial charge in [0.25, 0.3) is 15.9 Å². The number of nitrogens with one attached hydrogen (secondary N) is 2. The first-order valence-corrected chi connectivity index (χ1v) is 17.6. The largest absolute Gasteiger partial charge is 0.457 e. The van der Waals surface area contributed by atoms with E-state index in [9.17, 15) is 22.8 Å². The third-order valence-corrected chi connectivity index (χ3v) is 10.3. The molecule has 3 aromatic carbocycles. The number of benzene rings is 3. The molecule has 1 aliphatic heterocycles. The van der Waals surface area contributed by atoms with Crippen LogP contribution in [0.1, 0.15) is 35.4 Å². The van der Waals surface area contributed by atoms with E-state index in [0.29, 0.717) is 22.4 Å². The summed E-state index contributed by atoms with van der Waals surface area (Å²) in [4.78, 5) is 45.5. The number of amides is 3. The first-order valence-electron chi connectivity index (χ1n) is 16.1. The third-order valence-electron chi connectivity index (χ3n) is 8.58. The Morgan fingerprint density at radius 2 is 1.65 bits per heavy atom. The number of likely N-dealkylation sites (tertiary alicyclic amines) is 1. The van der Waals surface area contributed by atoms with Gasteiger partial charge in [0.15, 0.2) is 5.67 Å². The Kier molecular flexibility index (Phi) is 10.2. The van der Waals surface area contributed by atoms with Crippen molar-refractivity contribution < 1.29 is 36.7 Å². The van der Waals surface area contributed by atoms with Gasteiger partial charge in [0.1, 0.15) is 17.5 Å². The SMILES string of the molecule is COC[C@@]1(F)C[C@@H](C(=O)N[C@@H](C)c2cc3cnccc3n2S(=O)(=O)c2ccccc2)N(C(=O)CNC(=O)c2ccc(Oc3ccccc3)cc2)C1. The highest BCUT2D eigenvalue weighted by molar-refractivity contribution is 7.90. The van der Waals surface area contributed by atoms with E-state index in [1.165, 1.54) is 31.6 Å². The van der Waals surface area contributed by atoms with Gasteiger partial charge < -0.3 is 25.0 Å². The molecular formula is C37H36FN5O7S. The molecule has 0 saturated carbocycles. The molecule has 12 nitrogen and oxygen atoms in total. The lowest BCUT2D eigenvalue weighted by Gasteiger charge is -2.26. The van der Waals surface area contributed by atoms with Crippen molar-refractivity contribution >= 4 is 38.6 Å². The second-order valence-corrected chi connectivity index (χ2v) is 14.1. The number of carbonyl (C=O) groups excluding carboxylic acids is 3. The minimum atomic E-state index is -4.11. The van der Waals surface area contributed by atoms with Crippen LogP contribution in [0.2, 0.25) is 0 Å². The molecule has 14 heteroatoms. The number of hydrogen-bond acceptors (Lipinski definition) is 8. The first kappa shape index (κ1) is 35.2. The van der Waals surface area contributed by atoms with Gasteiger partial charge in [-0.05, 0) is 67.6 Å². The van der Waals surface area contributed by atoms with Gasteiger partial charge in [-0.15, -0.1) is 0 Å². The third kappa shape index (κ3) is 7.61. The highest BCUT2D eigenvalue weighted by Gasteiger charge is 2.49. The lowest BCUT2D eigenvalue weighted by Crippen LogP contribution is -2.49. The summed E-state index contributed by atoms with van der Waals surface area (Å²) < 4.78 is 55.6. The summed E-state index contributed by atoms with van der Waals surface area (Å²) in [5.74, 6) is -0.774. The van der Waals surface area contributed by atoms with E-state index in [0.717, 1.165) is 8.87 Å². The van der Waals surface area contributed by atoms with Crippen LogP contribution in [0.25, 0.3) is 10.9 Å². The van der Waals surface area contributed by atoms with Crippen molar-refractivity contribution in [1.82, 2.24) is 24.5 Å². The van der Waals surface area contributed by atoms with Gasteiger partial charge in [0, 0.05) is 36.9 Å². The van der Waals surface area contributed by atoms with Crippen LogP contribution in [-0.2, 0) is 24.3 Å². The van der Waals surface area contributed by atoms with Crippen molar-refractivity contribution in [3.63, 3.8) is 0 Å². The minimum Gasteiger partial charge on any atom is -0.457 e. The fraction of sp³-hybridized carbons (Fsp3) is 0.243. The summed E-state index contributed by atoms with van der Waals surface area (Å²) in [6.07, 6.45) is 2.63. The van der Waals surface area contributed by atoms with Crippen molar-refractivity contribution in [1.29, 1.82) is 0 Å². The zero-order valence-electron chi connectivity index (χ0n) is 27.9. The lowest BCUT2D eigenvalue weighted by molar-refractivity contribution is -0.138. The summed E-state index contributed by atoms with van der Waals surface area (Å²) >= 11 is 0. The Labute approximate surface area is 294 Å².